The average Bonchev–Trinajstić information content (AvgIpc) is 2.66. The second-order valence-corrected chi connectivity index (χ2v) is 9.99. The van der Waals surface area contributed by atoms with E-state index >= 15 is 0 Å². The molecule has 3 heterocycles. The number of ketones is 1. The maximum absolute atomic E-state index is 13.2. The lowest BCUT2D eigenvalue weighted by Crippen LogP contribution is -2.41. The van der Waals surface area contributed by atoms with Crippen molar-refractivity contribution in [3.63, 3.8) is 0 Å². The lowest BCUT2D eigenvalue weighted by Gasteiger charge is -2.40. The van der Waals surface area contributed by atoms with Crippen molar-refractivity contribution in [3.8, 4) is 0 Å². The van der Waals surface area contributed by atoms with Crippen molar-refractivity contribution in [2.45, 2.75) is 56.9 Å². The third kappa shape index (κ3) is 3.75. The molecule has 152 valence electrons. The Bertz CT molecular complexity index is 1030. The number of anilines is 1. The highest BCUT2D eigenvalue weighted by molar-refractivity contribution is 7.99. The largest absolute Gasteiger partial charge is 0.343 e. The smallest absolute Gasteiger partial charge is 0.257 e. The van der Waals surface area contributed by atoms with Crippen LogP contribution in [0, 0.1) is 11.3 Å². The SMILES string of the molecule is CC[C@@H](C)Sc1nc2c(c(=O)[nH]1)[C@H](c1ccncc1)[C@H]1C(=O)CC(C)(C)C=C1N2. The lowest BCUT2D eigenvalue weighted by molar-refractivity contribution is -0.124. The summed E-state index contributed by atoms with van der Waals surface area (Å²) in [5.41, 5.74) is 1.86. The molecule has 1 aliphatic carbocycles. The Kier molecular flexibility index (Phi) is 5.11. The molecule has 0 spiro atoms. The summed E-state index contributed by atoms with van der Waals surface area (Å²) >= 11 is 1.55. The maximum atomic E-state index is 13.2. The molecule has 0 amide bonds. The van der Waals surface area contributed by atoms with Crippen molar-refractivity contribution >= 4 is 23.4 Å². The van der Waals surface area contributed by atoms with Gasteiger partial charge in [0.15, 0.2) is 5.16 Å². The van der Waals surface area contributed by atoms with Gasteiger partial charge in [0.25, 0.3) is 5.56 Å². The number of rotatable bonds is 4. The van der Waals surface area contributed by atoms with Crippen LogP contribution in [-0.2, 0) is 4.79 Å². The van der Waals surface area contributed by atoms with E-state index in [1.165, 1.54) is 0 Å². The minimum Gasteiger partial charge on any atom is -0.343 e. The summed E-state index contributed by atoms with van der Waals surface area (Å²) < 4.78 is 0. The fraction of sp³-hybridized carbons (Fsp3) is 0.455. The first-order valence-electron chi connectivity index (χ1n) is 10.0. The van der Waals surface area contributed by atoms with E-state index in [4.69, 9.17) is 4.98 Å². The van der Waals surface area contributed by atoms with Crippen molar-refractivity contribution < 1.29 is 4.79 Å². The number of H-pyrrole nitrogens is 1. The zero-order valence-electron chi connectivity index (χ0n) is 17.2. The number of nitrogens with one attached hydrogen (secondary N) is 2. The van der Waals surface area contributed by atoms with Crippen LogP contribution in [0.3, 0.4) is 0 Å². The van der Waals surface area contributed by atoms with Crippen LogP contribution < -0.4 is 10.9 Å². The quantitative estimate of drug-likeness (QED) is 0.582. The van der Waals surface area contributed by atoms with Gasteiger partial charge in [0.1, 0.15) is 11.6 Å². The van der Waals surface area contributed by atoms with E-state index in [-0.39, 0.29) is 22.7 Å². The number of aromatic nitrogens is 3. The normalized spacial score (nSPS) is 23.4. The number of carbonyl (C=O) groups is 1. The van der Waals surface area contributed by atoms with Gasteiger partial charge in [0.05, 0.1) is 11.5 Å². The Morgan fingerprint density at radius 1 is 1.24 bits per heavy atom. The van der Waals surface area contributed by atoms with Gasteiger partial charge in [-0.25, -0.2) is 4.98 Å². The first kappa shape index (κ1) is 19.9. The second kappa shape index (κ2) is 7.44. The van der Waals surface area contributed by atoms with Crippen molar-refractivity contribution in [2.75, 3.05) is 5.32 Å². The molecule has 2 N–H and O–H groups in total. The molecule has 2 aromatic heterocycles. The van der Waals surface area contributed by atoms with E-state index < -0.39 is 5.92 Å². The molecule has 0 aromatic carbocycles. The van der Waals surface area contributed by atoms with Gasteiger partial charge in [-0.1, -0.05) is 45.5 Å². The molecule has 0 saturated carbocycles. The van der Waals surface area contributed by atoms with Crippen LogP contribution in [0.5, 0.6) is 0 Å². The summed E-state index contributed by atoms with van der Waals surface area (Å²) in [6, 6.07) is 3.76. The molecule has 29 heavy (non-hydrogen) atoms. The maximum Gasteiger partial charge on any atom is 0.257 e. The number of thioether (sulfide) groups is 1. The van der Waals surface area contributed by atoms with E-state index in [1.54, 1.807) is 24.2 Å². The first-order valence-corrected chi connectivity index (χ1v) is 10.9. The van der Waals surface area contributed by atoms with Crippen LogP contribution in [0.2, 0.25) is 0 Å². The van der Waals surface area contributed by atoms with E-state index in [0.29, 0.717) is 28.2 Å². The van der Waals surface area contributed by atoms with Gasteiger partial charge in [-0.05, 0) is 29.5 Å². The number of fused-ring (bicyclic) bond motifs is 2. The van der Waals surface area contributed by atoms with E-state index in [9.17, 15) is 9.59 Å². The minimum absolute atomic E-state index is 0.143. The van der Waals surface area contributed by atoms with Gasteiger partial charge in [0.2, 0.25) is 0 Å². The van der Waals surface area contributed by atoms with Gasteiger partial charge < -0.3 is 10.3 Å². The molecule has 3 atom stereocenters. The summed E-state index contributed by atoms with van der Waals surface area (Å²) in [4.78, 5) is 38.1. The second-order valence-electron chi connectivity index (χ2n) is 8.56. The minimum atomic E-state index is -0.408. The molecule has 0 fully saturated rings. The Labute approximate surface area is 174 Å². The van der Waals surface area contributed by atoms with Crippen LogP contribution in [0.15, 0.2) is 46.3 Å². The molecule has 0 saturated heterocycles. The third-order valence-corrected chi connectivity index (χ3v) is 6.80. The molecule has 2 aromatic rings. The lowest BCUT2D eigenvalue weighted by atomic mass is 9.67. The number of aromatic amines is 1. The monoisotopic (exact) mass is 410 g/mol. The van der Waals surface area contributed by atoms with Crippen LogP contribution in [0.25, 0.3) is 0 Å². The highest BCUT2D eigenvalue weighted by atomic mass is 32.2. The summed E-state index contributed by atoms with van der Waals surface area (Å²) in [6.45, 7) is 8.33. The number of hydrogen-bond acceptors (Lipinski definition) is 6. The molecule has 0 bridgehead atoms. The van der Waals surface area contributed by atoms with Crippen molar-refractivity contribution in [2.24, 2.45) is 11.3 Å². The molecule has 7 heteroatoms. The van der Waals surface area contributed by atoms with E-state index in [1.807, 2.05) is 12.1 Å². The van der Waals surface area contributed by atoms with E-state index in [2.05, 4.69) is 49.1 Å². The predicted octanol–water partition coefficient (Wildman–Crippen LogP) is 4.11. The van der Waals surface area contributed by atoms with Gasteiger partial charge in [-0.2, -0.15) is 0 Å². The zero-order chi connectivity index (χ0) is 20.8. The first-order chi connectivity index (χ1) is 13.8. The highest BCUT2D eigenvalue weighted by Crippen LogP contribution is 2.47. The van der Waals surface area contributed by atoms with Crippen molar-refractivity contribution in [1.29, 1.82) is 0 Å². The fourth-order valence-electron chi connectivity index (χ4n) is 4.18. The molecule has 0 radical (unpaired) electrons. The molecule has 6 nitrogen and oxygen atoms in total. The van der Waals surface area contributed by atoms with Gasteiger partial charge in [0, 0.05) is 35.7 Å². The summed E-state index contributed by atoms with van der Waals surface area (Å²) in [5.74, 6) is -0.0869. The van der Waals surface area contributed by atoms with Crippen LogP contribution >= 0.6 is 11.8 Å². The fourth-order valence-corrected chi connectivity index (χ4v) is 5.03. The Balaban J connectivity index is 1.90. The van der Waals surface area contributed by atoms with Crippen LogP contribution in [-0.4, -0.2) is 26.0 Å². The zero-order valence-corrected chi connectivity index (χ0v) is 18.0. The van der Waals surface area contributed by atoms with Gasteiger partial charge >= 0.3 is 0 Å². The standard InChI is InChI=1S/C22H26N4O2S/c1-5-12(2)29-21-25-19-18(20(28)26-21)16(13-6-8-23-9-7-13)17-14(24-19)10-22(3,4)11-15(17)27/h6-10,12,16-17H,5,11H2,1-4H3,(H2,24,25,26,28)/t12-,16-,17-/m1/s1. The number of carbonyl (C=O) groups excluding carboxylic acids is 1. The molecule has 4 rings (SSSR count). The summed E-state index contributed by atoms with van der Waals surface area (Å²) in [5, 5.41) is 4.28. The molecule has 2 aliphatic rings. The van der Waals surface area contributed by atoms with E-state index in [0.717, 1.165) is 17.7 Å². The number of allylic oxidation sites excluding steroid dienone is 2. The van der Waals surface area contributed by atoms with Gasteiger partial charge in [-0.3, -0.25) is 14.6 Å². The Morgan fingerprint density at radius 2 is 1.97 bits per heavy atom. The Morgan fingerprint density at radius 3 is 2.66 bits per heavy atom. The van der Waals surface area contributed by atoms with Crippen LogP contribution in [0.4, 0.5) is 5.82 Å². The van der Waals surface area contributed by atoms with Gasteiger partial charge in [-0.15, -0.1) is 0 Å². The predicted molar refractivity (Wildman–Crippen MR) is 115 cm³/mol. The average molecular weight is 411 g/mol. The topological polar surface area (TPSA) is 87.7 Å². The highest BCUT2D eigenvalue weighted by Gasteiger charge is 2.45. The number of nitrogens with zero attached hydrogens (tertiary/aromatic N) is 2. The molecular formula is C22H26N4O2S. The summed E-state index contributed by atoms with van der Waals surface area (Å²) in [6.07, 6.45) is 6.96. The van der Waals surface area contributed by atoms with Crippen molar-refractivity contribution in [3.05, 3.63) is 57.8 Å². The molecule has 0 unspecified atom stereocenters. The molecular weight excluding hydrogens is 384 g/mol. The third-order valence-electron chi connectivity index (χ3n) is 5.65. The number of pyridine rings is 1. The summed E-state index contributed by atoms with van der Waals surface area (Å²) in [7, 11) is 0. The molecule has 1 aliphatic heterocycles. The Hall–Kier alpha value is -2.41. The number of Topliss-reactive ketones (excluding diaryl/α,β-unsaturated/α-hetero) is 1. The van der Waals surface area contributed by atoms with Crippen LogP contribution in [0.1, 0.15) is 57.6 Å². The number of hydrogen-bond donors (Lipinski definition) is 2. The van der Waals surface area contributed by atoms with Crippen molar-refractivity contribution in [1.82, 2.24) is 15.0 Å².